The van der Waals surface area contributed by atoms with Gasteiger partial charge in [0.25, 0.3) is 0 Å². The molecule has 1 aliphatic heterocycles. The standard InChI is InChI=1S/C14H24N3O4P/c1-16-10(15)5-7-17(14(16)20)13-12(19)11(18)9(21-13)6-8-22(2,3)4/h5,7,9,11-13,15,18-19H,2,6,8H2,1,3-4H3/t9-,11-,12-,13-/m1/s1. The number of rotatable bonds is 4. The van der Waals surface area contributed by atoms with Crippen molar-refractivity contribution >= 4 is 13.2 Å². The Balaban J connectivity index is 2.24. The molecule has 8 heteroatoms. The van der Waals surface area contributed by atoms with Gasteiger partial charge in [-0.15, -0.1) is 13.2 Å². The zero-order valence-electron chi connectivity index (χ0n) is 13.1. The topological polar surface area (TPSA) is 100 Å². The second kappa shape index (κ2) is 6.16. The van der Waals surface area contributed by atoms with E-state index in [0.29, 0.717) is 6.42 Å². The first-order valence-corrected chi connectivity index (χ1v) is 10.2. The third-order valence-electron chi connectivity index (χ3n) is 3.89. The highest BCUT2D eigenvalue weighted by molar-refractivity contribution is 7.72. The highest BCUT2D eigenvalue weighted by atomic mass is 31.2. The van der Waals surface area contributed by atoms with Gasteiger partial charge in [0.1, 0.15) is 17.7 Å². The Kier molecular flexibility index (Phi) is 4.82. The van der Waals surface area contributed by atoms with Crippen LogP contribution in [0.5, 0.6) is 0 Å². The number of nitrogens with one attached hydrogen (secondary N) is 1. The second-order valence-electron chi connectivity index (χ2n) is 6.44. The van der Waals surface area contributed by atoms with Crippen molar-refractivity contribution in [3.8, 4) is 0 Å². The lowest BCUT2D eigenvalue weighted by Crippen LogP contribution is -2.41. The van der Waals surface area contributed by atoms with Crippen LogP contribution >= 0.6 is 6.89 Å². The van der Waals surface area contributed by atoms with Crippen LogP contribution in [0.2, 0.25) is 0 Å². The van der Waals surface area contributed by atoms with Crippen LogP contribution in [0.1, 0.15) is 12.6 Å². The van der Waals surface area contributed by atoms with E-state index < -0.39 is 37.1 Å². The van der Waals surface area contributed by atoms with Crippen molar-refractivity contribution in [3.05, 3.63) is 28.2 Å². The van der Waals surface area contributed by atoms with Gasteiger partial charge in [0, 0.05) is 13.2 Å². The number of hydrogen-bond donors (Lipinski definition) is 3. The van der Waals surface area contributed by atoms with Crippen molar-refractivity contribution in [1.29, 1.82) is 5.41 Å². The van der Waals surface area contributed by atoms with E-state index >= 15 is 0 Å². The van der Waals surface area contributed by atoms with Gasteiger partial charge in [-0.2, -0.15) is 0 Å². The van der Waals surface area contributed by atoms with Crippen LogP contribution in [0.25, 0.3) is 0 Å². The maximum absolute atomic E-state index is 12.2. The highest BCUT2D eigenvalue weighted by Gasteiger charge is 2.43. The third kappa shape index (κ3) is 3.43. The number of nitrogens with zero attached hydrogens (tertiary/aromatic N) is 2. The van der Waals surface area contributed by atoms with E-state index in [1.807, 2.05) is 0 Å². The zero-order valence-corrected chi connectivity index (χ0v) is 14.0. The Morgan fingerprint density at radius 1 is 1.41 bits per heavy atom. The SMILES string of the molecule is C=P(C)(C)CC[C@H]1O[C@@H](n2ccc(=N)n(C)c2=O)[C@H](O)[C@@H]1O. The van der Waals surface area contributed by atoms with E-state index in [1.165, 1.54) is 23.9 Å². The third-order valence-corrected chi connectivity index (χ3v) is 5.36. The Morgan fingerprint density at radius 3 is 2.64 bits per heavy atom. The van der Waals surface area contributed by atoms with Crippen molar-refractivity contribution < 1.29 is 14.9 Å². The van der Waals surface area contributed by atoms with Gasteiger partial charge < -0.3 is 14.9 Å². The van der Waals surface area contributed by atoms with Crippen LogP contribution in [-0.4, -0.2) is 63.5 Å². The molecule has 2 heterocycles. The molecule has 1 fully saturated rings. The normalized spacial score (nSPS) is 29.0. The van der Waals surface area contributed by atoms with Crippen molar-refractivity contribution in [2.45, 2.75) is 31.0 Å². The quantitative estimate of drug-likeness (QED) is 0.641. The second-order valence-corrected chi connectivity index (χ2v) is 10.8. The first kappa shape index (κ1) is 17.2. The fourth-order valence-electron chi connectivity index (χ4n) is 2.47. The Labute approximate surface area is 129 Å². The lowest BCUT2D eigenvalue weighted by Gasteiger charge is -2.19. The van der Waals surface area contributed by atoms with E-state index in [9.17, 15) is 15.0 Å². The Morgan fingerprint density at radius 2 is 2.05 bits per heavy atom. The fraction of sp³-hybridized carbons (Fsp3) is 0.643. The summed E-state index contributed by atoms with van der Waals surface area (Å²) in [6.07, 6.45) is 3.29. The number of aliphatic hydroxyl groups is 2. The van der Waals surface area contributed by atoms with Crippen LogP contribution in [-0.2, 0) is 11.8 Å². The maximum Gasteiger partial charge on any atom is 0.331 e. The van der Waals surface area contributed by atoms with Gasteiger partial charge in [-0.25, -0.2) is 4.79 Å². The molecule has 0 aromatic carbocycles. The van der Waals surface area contributed by atoms with E-state index in [4.69, 9.17) is 10.1 Å². The summed E-state index contributed by atoms with van der Waals surface area (Å²) >= 11 is 0. The van der Waals surface area contributed by atoms with Crippen LogP contribution in [0.4, 0.5) is 0 Å². The van der Waals surface area contributed by atoms with Gasteiger partial charge in [0.2, 0.25) is 0 Å². The molecular formula is C14H24N3O4P. The van der Waals surface area contributed by atoms with E-state index in [2.05, 4.69) is 19.6 Å². The predicted molar refractivity (Wildman–Crippen MR) is 86.8 cm³/mol. The number of aliphatic hydroxyl groups excluding tert-OH is 2. The molecule has 0 saturated carbocycles. The van der Waals surface area contributed by atoms with Crippen molar-refractivity contribution in [2.24, 2.45) is 7.05 Å². The monoisotopic (exact) mass is 329 g/mol. The van der Waals surface area contributed by atoms with Crippen LogP contribution in [0.15, 0.2) is 17.1 Å². The summed E-state index contributed by atoms with van der Waals surface area (Å²) < 4.78 is 8.09. The molecule has 1 saturated heterocycles. The molecule has 7 nitrogen and oxygen atoms in total. The average molecular weight is 329 g/mol. The van der Waals surface area contributed by atoms with Gasteiger partial charge in [0.15, 0.2) is 6.23 Å². The van der Waals surface area contributed by atoms with Crippen molar-refractivity contribution in [2.75, 3.05) is 19.5 Å². The average Bonchev–Trinajstić information content (AvgIpc) is 2.70. The summed E-state index contributed by atoms with van der Waals surface area (Å²) in [6.45, 7) is 2.94. The molecular weight excluding hydrogens is 305 g/mol. The van der Waals surface area contributed by atoms with Crippen molar-refractivity contribution in [1.82, 2.24) is 9.13 Å². The molecule has 0 radical (unpaired) electrons. The van der Waals surface area contributed by atoms with Crippen LogP contribution in [0.3, 0.4) is 0 Å². The number of ether oxygens (including phenoxy) is 1. The Bertz CT molecular complexity index is 705. The van der Waals surface area contributed by atoms with Crippen LogP contribution < -0.4 is 11.2 Å². The molecule has 4 atom stereocenters. The van der Waals surface area contributed by atoms with Gasteiger partial charge in [-0.1, -0.05) is 0 Å². The first-order chi connectivity index (χ1) is 10.1. The van der Waals surface area contributed by atoms with E-state index in [-0.39, 0.29) is 5.49 Å². The van der Waals surface area contributed by atoms with Crippen LogP contribution in [0, 0.1) is 5.41 Å². The lowest BCUT2D eigenvalue weighted by atomic mass is 10.1. The summed E-state index contributed by atoms with van der Waals surface area (Å²) in [5, 5.41) is 27.9. The molecule has 0 spiro atoms. The maximum atomic E-state index is 12.2. The lowest BCUT2D eigenvalue weighted by molar-refractivity contribution is -0.0408. The predicted octanol–water partition coefficient (Wildman–Crippen LogP) is -0.615. The number of hydrogen-bond acceptors (Lipinski definition) is 5. The Hall–Kier alpha value is -1.14. The summed E-state index contributed by atoms with van der Waals surface area (Å²) in [5.74, 6) is 0. The minimum atomic E-state index is -1.25. The molecule has 22 heavy (non-hydrogen) atoms. The molecule has 124 valence electrons. The molecule has 1 aliphatic rings. The summed E-state index contributed by atoms with van der Waals surface area (Å²) in [5.41, 5.74) is -0.399. The molecule has 1 aromatic rings. The molecule has 0 amide bonds. The van der Waals surface area contributed by atoms with E-state index in [0.717, 1.165) is 10.7 Å². The summed E-state index contributed by atoms with van der Waals surface area (Å²) in [4.78, 5) is 12.2. The summed E-state index contributed by atoms with van der Waals surface area (Å²) in [6, 6.07) is 1.45. The van der Waals surface area contributed by atoms with E-state index in [1.54, 1.807) is 0 Å². The molecule has 0 unspecified atom stereocenters. The van der Waals surface area contributed by atoms with Gasteiger partial charge >= 0.3 is 5.69 Å². The molecule has 0 bridgehead atoms. The van der Waals surface area contributed by atoms with Gasteiger partial charge in [0.05, 0.1) is 6.10 Å². The molecule has 1 aromatic heterocycles. The smallest absolute Gasteiger partial charge is 0.331 e. The largest absolute Gasteiger partial charge is 0.388 e. The number of aromatic nitrogens is 2. The molecule has 2 rings (SSSR count). The fourth-order valence-corrected chi connectivity index (χ4v) is 3.42. The highest BCUT2D eigenvalue weighted by Crippen LogP contribution is 2.39. The summed E-state index contributed by atoms with van der Waals surface area (Å²) in [7, 11) is 1.48. The van der Waals surface area contributed by atoms with Gasteiger partial charge in [-0.05, 0) is 32.0 Å². The minimum Gasteiger partial charge on any atom is -0.388 e. The van der Waals surface area contributed by atoms with Crippen molar-refractivity contribution in [3.63, 3.8) is 0 Å². The van der Waals surface area contributed by atoms with Gasteiger partial charge in [-0.3, -0.25) is 14.5 Å². The minimum absolute atomic E-state index is 0.0643. The zero-order chi connectivity index (χ0) is 16.7. The molecule has 0 aliphatic carbocycles. The first-order valence-electron chi connectivity index (χ1n) is 7.13. The molecule has 3 N–H and O–H groups in total.